The summed E-state index contributed by atoms with van der Waals surface area (Å²) in [6.45, 7) is 1.81. The van der Waals surface area contributed by atoms with Gasteiger partial charge < -0.3 is 10.7 Å². The first-order valence-electron chi connectivity index (χ1n) is 3.67. The average Bonchev–Trinajstić information content (AvgIpc) is 2.34. The quantitative estimate of drug-likeness (QED) is 0.726. The maximum absolute atomic E-state index is 12.0. The number of hydrogen-bond acceptors (Lipinski definition) is 2. The van der Waals surface area contributed by atoms with E-state index in [4.69, 9.17) is 5.73 Å². The first kappa shape index (κ1) is 9.12. The number of imidazole rings is 1. The van der Waals surface area contributed by atoms with Crippen molar-refractivity contribution in [3.8, 4) is 0 Å². The van der Waals surface area contributed by atoms with E-state index in [1.54, 1.807) is 0 Å². The van der Waals surface area contributed by atoms with Crippen molar-refractivity contribution in [1.29, 1.82) is 0 Å². The summed E-state index contributed by atoms with van der Waals surface area (Å²) < 4.78 is 24.0. The highest BCUT2D eigenvalue weighted by molar-refractivity contribution is 5.03. The highest BCUT2D eigenvalue weighted by Crippen LogP contribution is 2.14. The Labute approximate surface area is 69.0 Å². The van der Waals surface area contributed by atoms with Crippen LogP contribution in [0.4, 0.5) is 8.78 Å². The molecule has 12 heavy (non-hydrogen) atoms. The van der Waals surface area contributed by atoms with Gasteiger partial charge in [-0.25, -0.2) is 13.8 Å². The Bertz CT molecular complexity index is 245. The summed E-state index contributed by atoms with van der Waals surface area (Å²) in [6, 6.07) is -0.0454. The summed E-state index contributed by atoms with van der Waals surface area (Å²) in [5.41, 5.74) is 6.13. The monoisotopic (exact) mass is 175 g/mol. The van der Waals surface area contributed by atoms with Gasteiger partial charge in [0.2, 0.25) is 0 Å². The van der Waals surface area contributed by atoms with Crippen molar-refractivity contribution in [2.75, 3.05) is 0 Å². The van der Waals surface area contributed by atoms with E-state index in [0.29, 0.717) is 12.1 Å². The van der Waals surface area contributed by atoms with Gasteiger partial charge in [-0.1, -0.05) is 0 Å². The van der Waals surface area contributed by atoms with E-state index < -0.39 is 6.43 Å². The lowest BCUT2D eigenvalue weighted by atomic mass is 10.2. The molecule has 1 aromatic heterocycles. The average molecular weight is 175 g/mol. The molecule has 1 heterocycles. The normalized spacial score (nSPS) is 13.8. The Hall–Kier alpha value is -0.970. The minimum Gasteiger partial charge on any atom is -0.341 e. The van der Waals surface area contributed by atoms with Crippen molar-refractivity contribution < 1.29 is 8.78 Å². The van der Waals surface area contributed by atoms with Crippen LogP contribution in [0.1, 0.15) is 24.9 Å². The van der Waals surface area contributed by atoms with E-state index in [2.05, 4.69) is 9.97 Å². The van der Waals surface area contributed by atoms with Crippen molar-refractivity contribution in [2.45, 2.75) is 25.8 Å². The second kappa shape index (κ2) is 3.62. The van der Waals surface area contributed by atoms with Gasteiger partial charge in [0.25, 0.3) is 6.43 Å². The van der Waals surface area contributed by atoms with Gasteiger partial charge in [0.1, 0.15) is 0 Å². The largest absolute Gasteiger partial charge is 0.341 e. The maximum Gasteiger partial charge on any atom is 0.295 e. The zero-order valence-electron chi connectivity index (χ0n) is 6.72. The fraction of sp³-hybridized carbons (Fsp3) is 0.571. The predicted molar refractivity (Wildman–Crippen MR) is 40.9 cm³/mol. The third kappa shape index (κ3) is 2.27. The first-order chi connectivity index (χ1) is 5.59. The smallest absolute Gasteiger partial charge is 0.295 e. The van der Waals surface area contributed by atoms with Gasteiger partial charge in [-0.05, 0) is 6.92 Å². The molecule has 0 fully saturated rings. The van der Waals surface area contributed by atoms with Crippen LogP contribution in [0.15, 0.2) is 6.20 Å². The summed E-state index contributed by atoms with van der Waals surface area (Å²) in [5, 5.41) is 0. The van der Waals surface area contributed by atoms with E-state index in [1.165, 1.54) is 6.20 Å². The molecule has 0 saturated heterocycles. The molecule has 3 nitrogen and oxygen atoms in total. The van der Waals surface area contributed by atoms with Crippen LogP contribution in [0.25, 0.3) is 0 Å². The lowest BCUT2D eigenvalue weighted by Gasteiger charge is -2.00. The Morgan fingerprint density at radius 1 is 1.67 bits per heavy atom. The first-order valence-corrected chi connectivity index (χ1v) is 3.67. The molecule has 0 saturated carbocycles. The SMILES string of the molecule is CC(N)Cc1cnc(C(F)F)[nH]1. The van der Waals surface area contributed by atoms with E-state index in [-0.39, 0.29) is 11.9 Å². The van der Waals surface area contributed by atoms with Crippen molar-refractivity contribution in [2.24, 2.45) is 5.73 Å². The molecule has 0 bridgehead atoms. The van der Waals surface area contributed by atoms with Crippen LogP contribution < -0.4 is 5.73 Å². The van der Waals surface area contributed by atoms with Crippen LogP contribution in [0.5, 0.6) is 0 Å². The minimum atomic E-state index is -2.54. The number of nitrogens with one attached hydrogen (secondary N) is 1. The Morgan fingerprint density at radius 2 is 2.33 bits per heavy atom. The second-order valence-electron chi connectivity index (χ2n) is 2.78. The van der Waals surface area contributed by atoms with Gasteiger partial charge in [-0.15, -0.1) is 0 Å². The maximum atomic E-state index is 12.0. The number of hydrogen-bond donors (Lipinski definition) is 2. The number of aromatic nitrogens is 2. The van der Waals surface area contributed by atoms with E-state index in [1.807, 2.05) is 6.92 Å². The lowest BCUT2D eigenvalue weighted by Crippen LogP contribution is -2.17. The molecular weight excluding hydrogens is 164 g/mol. The van der Waals surface area contributed by atoms with Gasteiger partial charge in [-0.3, -0.25) is 0 Å². The van der Waals surface area contributed by atoms with Gasteiger partial charge in [-0.2, -0.15) is 0 Å². The van der Waals surface area contributed by atoms with Gasteiger partial charge in [0.05, 0.1) is 0 Å². The molecule has 1 aromatic rings. The van der Waals surface area contributed by atoms with Crippen LogP contribution in [-0.4, -0.2) is 16.0 Å². The Morgan fingerprint density at radius 3 is 2.75 bits per heavy atom. The van der Waals surface area contributed by atoms with Crippen LogP contribution in [0, 0.1) is 0 Å². The highest BCUT2D eigenvalue weighted by Gasteiger charge is 2.11. The zero-order chi connectivity index (χ0) is 9.14. The van der Waals surface area contributed by atoms with E-state index in [9.17, 15) is 8.78 Å². The van der Waals surface area contributed by atoms with Crippen LogP contribution in [0.3, 0.4) is 0 Å². The molecule has 0 radical (unpaired) electrons. The van der Waals surface area contributed by atoms with Crippen LogP contribution in [0.2, 0.25) is 0 Å². The van der Waals surface area contributed by atoms with Crippen LogP contribution in [-0.2, 0) is 6.42 Å². The molecule has 0 spiro atoms. The number of nitrogens with two attached hydrogens (primary N) is 1. The molecule has 0 aromatic carbocycles. The second-order valence-corrected chi connectivity index (χ2v) is 2.78. The summed E-state index contributed by atoms with van der Waals surface area (Å²) in [5.74, 6) is -0.286. The Balaban J connectivity index is 2.64. The summed E-state index contributed by atoms with van der Waals surface area (Å²) in [4.78, 5) is 6.01. The lowest BCUT2D eigenvalue weighted by molar-refractivity contribution is 0.141. The number of halogens is 2. The third-order valence-electron chi connectivity index (χ3n) is 1.40. The van der Waals surface area contributed by atoms with E-state index in [0.717, 1.165) is 0 Å². The van der Waals surface area contributed by atoms with Crippen molar-refractivity contribution in [3.05, 3.63) is 17.7 Å². The molecule has 1 unspecified atom stereocenters. The molecule has 1 atom stereocenters. The molecule has 0 aliphatic carbocycles. The van der Waals surface area contributed by atoms with Gasteiger partial charge >= 0.3 is 0 Å². The number of nitrogens with zero attached hydrogens (tertiary/aromatic N) is 1. The number of alkyl halides is 2. The van der Waals surface area contributed by atoms with Crippen molar-refractivity contribution in [3.63, 3.8) is 0 Å². The van der Waals surface area contributed by atoms with Crippen LogP contribution >= 0.6 is 0 Å². The summed E-state index contributed by atoms with van der Waals surface area (Å²) >= 11 is 0. The number of aromatic amines is 1. The van der Waals surface area contributed by atoms with Crippen molar-refractivity contribution >= 4 is 0 Å². The van der Waals surface area contributed by atoms with Gasteiger partial charge in [0.15, 0.2) is 5.82 Å². The molecule has 3 N–H and O–H groups in total. The summed E-state index contributed by atoms with van der Waals surface area (Å²) in [6.07, 6.45) is -0.600. The van der Waals surface area contributed by atoms with Gasteiger partial charge in [0, 0.05) is 24.4 Å². The molecule has 0 aliphatic rings. The molecular formula is C7H11F2N3. The zero-order valence-corrected chi connectivity index (χ0v) is 6.72. The molecule has 0 amide bonds. The number of H-pyrrole nitrogens is 1. The predicted octanol–water partition coefficient (Wildman–Crippen LogP) is 1.24. The fourth-order valence-corrected chi connectivity index (χ4v) is 0.938. The molecule has 68 valence electrons. The fourth-order valence-electron chi connectivity index (χ4n) is 0.938. The number of rotatable bonds is 3. The standard InChI is InChI=1S/C7H11F2N3/c1-4(10)2-5-3-11-7(12-5)6(8)9/h3-4,6H,2,10H2,1H3,(H,11,12). The Kier molecular flexibility index (Phi) is 2.75. The molecule has 0 aliphatic heterocycles. The van der Waals surface area contributed by atoms with Crippen molar-refractivity contribution in [1.82, 2.24) is 9.97 Å². The topological polar surface area (TPSA) is 54.7 Å². The molecule has 5 heteroatoms. The highest BCUT2D eigenvalue weighted by atomic mass is 19.3. The molecule has 1 rings (SSSR count). The summed E-state index contributed by atoms with van der Waals surface area (Å²) in [7, 11) is 0. The minimum absolute atomic E-state index is 0.0454. The third-order valence-corrected chi connectivity index (χ3v) is 1.40. The van der Waals surface area contributed by atoms with E-state index >= 15 is 0 Å².